The third-order valence-corrected chi connectivity index (χ3v) is 3.45. The van der Waals surface area contributed by atoms with Gasteiger partial charge in [0.25, 0.3) is 0 Å². The van der Waals surface area contributed by atoms with Crippen molar-refractivity contribution in [3.63, 3.8) is 0 Å². The summed E-state index contributed by atoms with van der Waals surface area (Å²) < 4.78 is 81.6. The average molecular weight is 380 g/mol. The Morgan fingerprint density at radius 2 is 0.846 bits per heavy atom. The molecule has 2 aromatic rings. The van der Waals surface area contributed by atoms with Crippen LogP contribution in [-0.2, 0) is 5.41 Å². The van der Waals surface area contributed by atoms with Crippen LogP contribution in [0.5, 0.6) is 11.5 Å². The zero-order valence-electron chi connectivity index (χ0n) is 14.0. The van der Waals surface area contributed by atoms with E-state index in [-0.39, 0.29) is 0 Å². The maximum absolute atomic E-state index is 13.6. The number of phenols is 2. The van der Waals surface area contributed by atoms with Crippen LogP contribution in [0.15, 0.2) is 48.5 Å². The molecule has 0 unspecified atom stereocenters. The molecule has 0 aromatic heterocycles. The number of benzene rings is 2. The van der Waals surface area contributed by atoms with E-state index >= 15 is 0 Å². The molecule has 2 rings (SSSR count). The van der Waals surface area contributed by atoms with Gasteiger partial charge in [0.15, 0.2) is 0 Å². The van der Waals surface area contributed by atoms with Crippen LogP contribution in [0, 0.1) is 0 Å². The summed E-state index contributed by atoms with van der Waals surface area (Å²) in [5.41, 5.74) is -6.44. The molecule has 2 N–H and O–H groups in total. The smallest absolute Gasteiger partial charge is 0.411 e. The van der Waals surface area contributed by atoms with Crippen molar-refractivity contribution < 1.29 is 36.6 Å². The van der Waals surface area contributed by atoms with Crippen LogP contribution >= 0.6 is 0 Å². The third kappa shape index (κ3) is 4.05. The highest BCUT2D eigenvalue weighted by Gasteiger charge is 2.72. The molecule has 2 aromatic carbocycles. The average Bonchev–Trinajstić information content (AvgIpc) is 2.49. The summed E-state index contributed by atoms with van der Waals surface area (Å²) in [6.07, 6.45) is -10.1. The first-order chi connectivity index (χ1) is 11.9. The number of alkyl halides is 6. The van der Waals surface area contributed by atoms with E-state index in [0.29, 0.717) is 24.3 Å². The summed E-state index contributed by atoms with van der Waals surface area (Å²) >= 11 is 0. The summed E-state index contributed by atoms with van der Waals surface area (Å²) in [4.78, 5) is 0. The van der Waals surface area contributed by atoms with Gasteiger partial charge >= 0.3 is 12.4 Å². The molecular weight excluding hydrogens is 362 g/mol. The Kier molecular flexibility index (Phi) is 6.57. The second-order valence-corrected chi connectivity index (χ2v) is 5.55. The molecule has 0 aliphatic carbocycles. The first-order valence-electron chi connectivity index (χ1n) is 7.64. The lowest BCUT2D eigenvalue weighted by atomic mass is 9.73. The van der Waals surface area contributed by atoms with Crippen molar-refractivity contribution >= 4 is 0 Å². The van der Waals surface area contributed by atoms with E-state index in [9.17, 15) is 26.3 Å². The molecule has 8 heteroatoms. The van der Waals surface area contributed by atoms with E-state index in [2.05, 4.69) is 13.8 Å². The number of rotatable bonds is 2. The standard InChI is InChI=1S/C15H10F6O2.C3H8/c16-14(17,18)13(15(19,20)21,9-1-5-11(22)6-2-9)10-3-7-12(23)8-4-10;1-3-2/h1-8,22-23H;3H2,1-2H3. The van der Waals surface area contributed by atoms with E-state index < -0.39 is 40.4 Å². The third-order valence-electron chi connectivity index (χ3n) is 3.45. The molecule has 0 aliphatic rings. The highest BCUT2D eigenvalue weighted by molar-refractivity contribution is 5.46. The van der Waals surface area contributed by atoms with Crippen LogP contribution in [0.2, 0.25) is 0 Å². The Labute approximate surface area is 146 Å². The summed E-state index contributed by atoms with van der Waals surface area (Å²) in [5.74, 6) is -0.921. The molecule has 0 saturated heterocycles. The molecular formula is C18H18F6O2. The molecule has 0 atom stereocenters. The Balaban J connectivity index is 0.00000105. The van der Waals surface area contributed by atoms with Crippen LogP contribution in [0.1, 0.15) is 31.4 Å². The molecule has 0 amide bonds. The van der Waals surface area contributed by atoms with Gasteiger partial charge in [-0.05, 0) is 35.4 Å². The lowest BCUT2D eigenvalue weighted by Crippen LogP contribution is -2.54. The number of hydrogen-bond donors (Lipinski definition) is 2. The fourth-order valence-corrected chi connectivity index (χ4v) is 2.40. The van der Waals surface area contributed by atoms with Gasteiger partial charge in [0.05, 0.1) is 0 Å². The normalized spacial score (nSPS) is 12.3. The first kappa shape index (κ1) is 21.7. The lowest BCUT2D eigenvalue weighted by molar-refractivity contribution is -0.288. The summed E-state index contributed by atoms with van der Waals surface area (Å²) in [6, 6.07) is 5.30. The molecule has 0 heterocycles. The van der Waals surface area contributed by atoms with Gasteiger partial charge in [-0.2, -0.15) is 26.3 Å². The molecule has 0 aliphatic heterocycles. The van der Waals surface area contributed by atoms with Crippen molar-refractivity contribution in [3.8, 4) is 11.5 Å². The van der Waals surface area contributed by atoms with Gasteiger partial charge in [-0.25, -0.2) is 0 Å². The molecule has 0 radical (unpaired) electrons. The Bertz CT molecular complexity index is 626. The van der Waals surface area contributed by atoms with Crippen LogP contribution < -0.4 is 0 Å². The van der Waals surface area contributed by atoms with Gasteiger partial charge < -0.3 is 10.2 Å². The monoisotopic (exact) mass is 380 g/mol. The quantitative estimate of drug-likeness (QED) is 0.635. The predicted molar refractivity (Wildman–Crippen MR) is 85.1 cm³/mol. The zero-order valence-corrected chi connectivity index (χ0v) is 14.0. The fraction of sp³-hybridized carbons (Fsp3) is 0.333. The van der Waals surface area contributed by atoms with Crippen LogP contribution in [0.3, 0.4) is 0 Å². The summed E-state index contributed by atoms with van der Waals surface area (Å²) in [6.45, 7) is 4.25. The Hall–Kier alpha value is -2.38. The second-order valence-electron chi connectivity index (χ2n) is 5.55. The van der Waals surface area contributed by atoms with E-state index in [1.165, 1.54) is 6.42 Å². The second kappa shape index (κ2) is 7.88. The molecule has 144 valence electrons. The molecule has 0 bridgehead atoms. The fourth-order valence-electron chi connectivity index (χ4n) is 2.40. The topological polar surface area (TPSA) is 40.5 Å². The van der Waals surface area contributed by atoms with Gasteiger partial charge in [0.2, 0.25) is 5.41 Å². The maximum Gasteiger partial charge on any atom is 0.411 e. The van der Waals surface area contributed by atoms with Crippen LogP contribution in [0.4, 0.5) is 26.3 Å². The SMILES string of the molecule is CCC.Oc1ccc(C(c2ccc(O)cc2)(C(F)(F)F)C(F)(F)F)cc1. The van der Waals surface area contributed by atoms with Crippen molar-refractivity contribution in [1.82, 2.24) is 0 Å². The van der Waals surface area contributed by atoms with Crippen molar-refractivity contribution in [2.75, 3.05) is 0 Å². The summed E-state index contributed by atoms with van der Waals surface area (Å²) in [5, 5.41) is 18.3. The predicted octanol–water partition coefficient (Wildman–Crippen LogP) is 5.92. The molecule has 0 fully saturated rings. The van der Waals surface area contributed by atoms with E-state index in [1.54, 1.807) is 0 Å². The largest absolute Gasteiger partial charge is 0.508 e. The highest BCUT2D eigenvalue weighted by Crippen LogP contribution is 2.56. The highest BCUT2D eigenvalue weighted by atomic mass is 19.4. The number of aromatic hydroxyl groups is 2. The van der Waals surface area contributed by atoms with E-state index in [4.69, 9.17) is 10.2 Å². The van der Waals surface area contributed by atoms with Gasteiger partial charge in [-0.1, -0.05) is 44.5 Å². The first-order valence-corrected chi connectivity index (χ1v) is 7.64. The van der Waals surface area contributed by atoms with E-state index in [0.717, 1.165) is 24.3 Å². The number of hydrogen-bond acceptors (Lipinski definition) is 2. The number of phenolic OH excluding ortho intramolecular Hbond substituents is 2. The van der Waals surface area contributed by atoms with Crippen LogP contribution in [0.25, 0.3) is 0 Å². The minimum Gasteiger partial charge on any atom is -0.508 e. The Morgan fingerprint density at radius 3 is 1.04 bits per heavy atom. The maximum atomic E-state index is 13.6. The lowest BCUT2D eigenvalue weighted by Gasteiger charge is -2.38. The molecule has 26 heavy (non-hydrogen) atoms. The van der Waals surface area contributed by atoms with Gasteiger partial charge in [0.1, 0.15) is 11.5 Å². The van der Waals surface area contributed by atoms with Crippen molar-refractivity contribution in [1.29, 1.82) is 0 Å². The molecule has 0 spiro atoms. The minimum atomic E-state index is -5.70. The zero-order chi connectivity index (χ0) is 20.2. The number of halogens is 6. The Morgan fingerprint density at radius 1 is 0.615 bits per heavy atom. The molecule has 0 saturated carbocycles. The minimum absolute atomic E-state index is 0.460. The molecule has 2 nitrogen and oxygen atoms in total. The van der Waals surface area contributed by atoms with Gasteiger partial charge in [0, 0.05) is 0 Å². The van der Waals surface area contributed by atoms with Gasteiger partial charge in [-0.3, -0.25) is 0 Å². The van der Waals surface area contributed by atoms with Crippen molar-refractivity contribution in [2.24, 2.45) is 0 Å². The van der Waals surface area contributed by atoms with Crippen molar-refractivity contribution in [3.05, 3.63) is 59.7 Å². The van der Waals surface area contributed by atoms with E-state index in [1.807, 2.05) is 0 Å². The summed E-state index contributed by atoms with van der Waals surface area (Å²) in [7, 11) is 0. The van der Waals surface area contributed by atoms with Gasteiger partial charge in [-0.15, -0.1) is 0 Å². The van der Waals surface area contributed by atoms with Crippen molar-refractivity contribution in [2.45, 2.75) is 38.0 Å². The van der Waals surface area contributed by atoms with Crippen LogP contribution in [-0.4, -0.2) is 22.6 Å².